The van der Waals surface area contributed by atoms with E-state index >= 15 is 0 Å². The summed E-state index contributed by atoms with van der Waals surface area (Å²) in [5, 5.41) is 12.6. The molecule has 0 saturated heterocycles. The molecule has 0 saturated carbocycles. The van der Waals surface area contributed by atoms with Crippen molar-refractivity contribution < 1.29 is 32.5 Å². The minimum absolute atomic E-state index is 0.120. The quantitative estimate of drug-likeness (QED) is 0.717. The maximum absolute atomic E-state index is 13.0. The molecule has 0 aromatic heterocycles. The van der Waals surface area contributed by atoms with E-state index in [0.29, 0.717) is 47.4 Å². The van der Waals surface area contributed by atoms with E-state index < -0.39 is 23.8 Å². The number of carbonyl (C=O) groups is 1. The lowest BCUT2D eigenvalue weighted by molar-refractivity contribution is -0.137. The van der Waals surface area contributed by atoms with Crippen molar-refractivity contribution in [2.45, 2.75) is 31.5 Å². The molecule has 158 valence electrons. The summed E-state index contributed by atoms with van der Waals surface area (Å²) in [5.74, 6) is 0.319. The highest BCUT2D eigenvalue weighted by molar-refractivity contribution is 6.05. The predicted molar refractivity (Wildman–Crippen MR) is 104 cm³/mol. The van der Waals surface area contributed by atoms with Crippen LogP contribution in [0, 0.1) is 0 Å². The van der Waals surface area contributed by atoms with Crippen molar-refractivity contribution >= 4 is 17.2 Å². The number of anilines is 1. The molecule has 2 aliphatic heterocycles. The van der Waals surface area contributed by atoms with Gasteiger partial charge in [0.1, 0.15) is 18.1 Å². The van der Waals surface area contributed by atoms with Crippen molar-refractivity contribution in [2.24, 2.45) is 0 Å². The van der Waals surface area contributed by atoms with Gasteiger partial charge in [-0.05, 0) is 42.7 Å². The van der Waals surface area contributed by atoms with Crippen molar-refractivity contribution in [2.75, 3.05) is 18.5 Å². The number of hydrogen-bond acceptors (Lipinski definition) is 4. The fraction of sp³-hybridized carbons (Fsp3) is 0.318. The van der Waals surface area contributed by atoms with Gasteiger partial charge in [0.15, 0.2) is 0 Å². The second kappa shape index (κ2) is 8.02. The van der Waals surface area contributed by atoms with Gasteiger partial charge in [-0.1, -0.05) is 12.1 Å². The molecule has 1 amide bonds. The second-order valence-electron chi connectivity index (χ2n) is 7.27. The van der Waals surface area contributed by atoms with Crippen molar-refractivity contribution in [1.82, 2.24) is 0 Å². The number of nitrogens with one attached hydrogen (secondary N) is 1. The van der Waals surface area contributed by atoms with Crippen LogP contribution in [0.15, 0.2) is 42.5 Å². The zero-order chi connectivity index (χ0) is 21.3. The number of hydrogen-bond donors (Lipinski definition) is 2. The standard InChI is InChI=1S/C22H20F3NO4/c23-22(24,25)14-6-7-16-13(3-2-8-29-20(16)10-14)9-21(28)26-18-4-1-5-19-17(18)11-15(27)12-30-19/h1,4-7,9-10,15,27H,2-3,8,11-12H2,(H,26,28)/b13-9+. The number of amides is 1. The normalized spacial score (nSPS) is 19.7. The molecule has 1 unspecified atom stereocenters. The first kappa shape index (κ1) is 20.3. The summed E-state index contributed by atoms with van der Waals surface area (Å²) in [7, 11) is 0. The van der Waals surface area contributed by atoms with E-state index in [2.05, 4.69) is 5.32 Å². The lowest BCUT2D eigenvalue weighted by Gasteiger charge is -2.23. The van der Waals surface area contributed by atoms with Gasteiger partial charge in [0, 0.05) is 29.3 Å². The number of aliphatic hydroxyl groups is 1. The van der Waals surface area contributed by atoms with Gasteiger partial charge in [0.25, 0.3) is 0 Å². The first-order chi connectivity index (χ1) is 14.3. The molecule has 0 radical (unpaired) electrons. The van der Waals surface area contributed by atoms with Gasteiger partial charge in [-0.2, -0.15) is 13.2 Å². The minimum Gasteiger partial charge on any atom is -0.493 e. The van der Waals surface area contributed by atoms with Crippen molar-refractivity contribution in [1.29, 1.82) is 0 Å². The number of alkyl halides is 3. The molecule has 2 heterocycles. The molecule has 2 aromatic carbocycles. The molecule has 2 aromatic rings. The smallest absolute Gasteiger partial charge is 0.416 e. The molecule has 5 nitrogen and oxygen atoms in total. The third-order valence-electron chi connectivity index (χ3n) is 5.07. The Balaban J connectivity index is 1.61. The number of carbonyl (C=O) groups excluding carboxylic acids is 1. The van der Waals surface area contributed by atoms with Gasteiger partial charge in [-0.15, -0.1) is 0 Å². The molecule has 4 rings (SSSR count). The fourth-order valence-electron chi connectivity index (χ4n) is 3.65. The van der Waals surface area contributed by atoms with Crippen LogP contribution in [0.4, 0.5) is 18.9 Å². The van der Waals surface area contributed by atoms with Gasteiger partial charge in [-0.3, -0.25) is 4.79 Å². The Kier molecular flexibility index (Phi) is 5.42. The molecule has 0 fully saturated rings. The van der Waals surface area contributed by atoms with E-state index in [4.69, 9.17) is 9.47 Å². The molecule has 30 heavy (non-hydrogen) atoms. The molecule has 0 spiro atoms. The summed E-state index contributed by atoms with van der Waals surface area (Å²) in [6.45, 7) is 0.472. The highest BCUT2D eigenvalue weighted by Crippen LogP contribution is 2.38. The Morgan fingerprint density at radius 2 is 2.00 bits per heavy atom. The number of halogens is 3. The summed E-state index contributed by atoms with van der Waals surface area (Å²) in [5.41, 5.74) is 1.54. The average molecular weight is 419 g/mol. The number of allylic oxidation sites excluding steroid dienone is 1. The number of ether oxygens (including phenoxy) is 2. The van der Waals surface area contributed by atoms with Crippen LogP contribution in [0.3, 0.4) is 0 Å². The molecular weight excluding hydrogens is 399 g/mol. The summed E-state index contributed by atoms with van der Waals surface area (Å²) in [6.07, 6.45) is -2.29. The topological polar surface area (TPSA) is 67.8 Å². The van der Waals surface area contributed by atoms with Crippen molar-refractivity contribution in [3.05, 3.63) is 59.2 Å². The predicted octanol–water partition coefficient (Wildman–Crippen LogP) is 4.20. The molecule has 0 bridgehead atoms. The van der Waals surface area contributed by atoms with E-state index in [1.54, 1.807) is 18.2 Å². The van der Waals surface area contributed by atoms with Crippen molar-refractivity contribution in [3.8, 4) is 11.5 Å². The third kappa shape index (κ3) is 4.28. The van der Waals surface area contributed by atoms with Gasteiger partial charge in [0.2, 0.25) is 5.91 Å². The first-order valence-corrected chi connectivity index (χ1v) is 9.60. The highest BCUT2D eigenvalue weighted by Gasteiger charge is 2.32. The van der Waals surface area contributed by atoms with E-state index in [9.17, 15) is 23.1 Å². The molecule has 0 aliphatic carbocycles. The maximum atomic E-state index is 13.0. The van der Waals surface area contributed by atoms with Crippen LogP contribution in [0.1, 0.15) is 29.5 Å². The van der Waals surface area contributed by atoms with Crippen LogP contribution in [0.25, 0.3) is 5.57 Å². The Morgan fingerprint density at radius 1 is 1.17 bits per heavy atom. The Hall–Kier alpha value is -3.00. The molecule has 1 atom stereocenters. The summed E-state index contributed by atoms with van der Waals surface area (Å²) < 4.78 is 50.0. The fourth-order valence-corrected chi connectivity index (χ4v) is 3.65. The second-order valence-corrected chi connectivity index (χ2v) is 7.27. The van der Waals surface area contributed by atoms with Crippen LogP contribution in [-0.4, -0.2) is 30.3 Å². The van der Waals surface area contributed by atoms with Gasteiger partial charge in [0.05, 0.1) is 18.3 Å². The van der Waals surface area contributed by atoms with Crippen LogP contribution in [-0.2, 0) is 17.4 Å². The van der Waals surface area contributed by atoms with E-state index in [0.717, 1.165) is 12.1 Å². The van der Waals surface area contributed by atoms with Gasteiger partial charge < -0.3 is 19.9 Å². The SMILES string of the molecule is O=C(/C=C1\CCCOc2cc(C(F)(F)F)ccc21)Nc1cccc2c1CC(O)CO2. The largest absolute Gasteiger partial charge is 0.493 e. The van der Waals surface area contributed by atoms with Crippen LogP contribution in [0.5, 0.6) is 11.5 Å². The Labute approximate surface area is 171 Å². The molecule has 2 N–H and O–H groups in total. The zero-order valence-electron chi connectivity index (χ0n) is 16.0. The summed E-state index contributed by atoms with van der Waals surface area (Å²) in [6, 6.07) is 8.54. The van der Waals surface area contributed by atoms with Crippen LogP contribution in [0.2, 0.25) is 0 Å². The average Bonchev–Trinajstić information content (AvgIpc) is 2.89. The first-order valence-electron chi connectivity index (χ1n) is 9.60. The number of rotatable bonds is 2. The van der Waals surface area contributed by atoms with Gasteiger partial charge >= 0.3 is 6.18 Å². The van der Waals surface area contributed by atoms with E-state index in [-0.39, 0.29) is 19.0 Å². The third-order valence-corrected chi connectivity index (χ3v) is 5.07. The van der Waals surface area contributed by atoms with Gasteiger partial charge in [-0.25, -0.2) is 0 Å². The summed E-state index contributed by atoms with van der Waals surface area (Å²) in [4.78, 5) is 12.7. The zero-order valence-corrected chi connectivity index (χ0v) is 16.0. The summed E-state index contributed by atoms with van der Waals surface area (Å²) >= 11 is 0. The number of fused-ring (bicyclic) bond motifs is 2. The van der Waals surface area contributed by atoms with Crippen molar-refractivity contribution in [3.63, 3.8) is 0 Å². The minimum atomic E-state index is -4.47. The van der Waals surface area contributed by atoms with E-state index in [1.165, 1.54) is 12.1 Å². The maximum Gasteiger partial charge on any atom is 0.416 e. The lowest BCUT2D eigenvalue weighted by Crippen LogP contribution is -2.26. The number of aliphatic hydroxyl groups excluding tert-OH is 1. The monoisotopic (exact) mass is 419 g/mol. The van der Waals surface area contributed by atoms with Crippen LogP contribution < -0.4 is 14.8 Å². The Morgan fingerprint density at radius 3 is 2.80 bits per heavy atom. The molecule has 2 aliphatic rings. The Bertz CT molecular complexity index is 1000. The van der Waals surface area contributed by atoms with E-state index in [1.807, 2.05) is 0 Å². The lowest BCUT2D eigenvalue weighted by atomic mass is 9.98. The highest BCUT2D eigenvalue weighted by atomic mass is 19.4. The molecule has 8 heteroatoms. The number of benzene rings is 2. The molecular formula is C22H20F3NO4. The van der Waals surface area contributed by atoms with Crippen LogP contribution >= 0.6 is 0 Å².